The maximum atomic E-state index is 15.1. The van der Waals surface area contributed by atoms with Crippen LogP contribution in [0.15, 0.2) is 43.7 Å². The Bertz CT molecular complexity index is 2010. The minimum absolute atomic E-state index is 0.351. The Balaban J connectivity index is 0.000000320. The Hall–Kier alpha value is -3.70. The minimum Gasteiger partial charge on any atom is -0.462 e. The van der Waals surface area contributed by atoms with Crippen LogP contribution in [0.25, 0.3) is 0 Å². The highest BCUT2D eigenvalue weighted by Crippen LogP contribution is 2.45. The van der Waals surface area contributed by atoms with Gasteiger partial charge in [-0.05, 0) is 55.4 Å². The number of esters is 2. The summed E-state index contributed by atoms with van der Waals surface area (Å²) >= 11 is 0. The molecule has 4 heterocycles. The number of H-pyrrole nitrogens is 2. The predicted molar refractivity (Wildman–Crippen MR) is 208 cm³/mol. The lowest BCUT2D eigenvalue weighted by atomic mass is 9.98. The molecule has 0 aliphatic carbocycles. The Labute approximate surface area is 342 Å². The molecule has 0 unspecified atom stereocenters. The lowest BCUT2D eigenvalue weighted by Gasteiger charge is -2.24. The summed E-state index contributed by atoms with van der Waals surface area (Å²) in [5.41, 5.74) is -7.97. The summed E-state index contributed by atoms with van der Waals surface area (Å²) < 4.78 is 88.5. The fourth-order valence-corrected chi connectivity index (χ4v) is 8.54. The van der Waals surface area contributed by atoms with E-state index in [2.05, 4.69) is 10.2 Å². The van der Waals surface area contributed by atoms with Crippen molar-refractivity contribution in [2.75, 3.05) is 26.5 Å². The molecular weight excluding hydrogens is 848 g/mol. The summed E-state index contributed by atoms with van der Waals surface area (Å²) in [5, 5.41) is 25.6. The van der Waals surface area contributed by atoms with E-state index in [1.165, 1.54) is 27.2 Å². The van der Waals surface area contributed by atoms with Crippen molar-refractivity contribution < 1.29 is 65.7 Å². The molecule has 0 spiro atoms. The predicted octanol–water partition coefficient (Wildman–Crippen LogP) is 0.585. The number of nitrogens with one attached hydrogen (secondary N) is 4. The van der Waals surface area contributed by atoms with Gasteiger partial charge in [0.05, 0.1) is 25.4 Å². The fourth-order valence-electron chi connectivity index (χ4n) is 5.91. The number of hydrogen-bond donors (Lipinski definition) is 6. The first-order chi connectivity index (χ1) is 27.5. The number of carbonyl (C=O) groups excluding carboxylic acids is 2. The van der Waals surface area contributed by atoms with Crippen LogP contribution in [0.3, 0.4) is 0 Å². The number of ether oxygens (including phenoxy) is 4. The molecule has 0 radical (unpaired) electrons. The average molecular weight is 903 g/mol. The lowest BCUT2D eigenvalue weighted by molar-refractivity contribution is -0.149. The molecule has 12 atom stereocenters. The third-order valence-corrected chi connectivity index (χ3v) is 11.9. The third-order valence-electron chi connectivity index (χ3n) is 8.88. The molecule has 2 aliphatic heterocycles. The van der Waals surface area contributed by atoms with Gasteiger partial charge in [0.15, 0.2) is 23.8 Å². The van der Waals surface area contributed by atoms with Gasteiger partial charge < -0.3 is 38.2 Å². The summed E-state index contributed by atoms with van der Waals surface area (Å²) in [4.78, 5) is 74.0. The normalized spacial score (nSPS) is 29.5. The molecule has 2 aliphatic rings. The first kappa shape index (κ1) is 50.7. The number of nitrogens with zero attached hydrogens (tertiary/aromatic N) is 2. The maximum absolute atomic E-state index is 15.1. The van der Waals surface area contributed by atoms with Crippen molar-refractivity contribution in [2.24, 2.45) is 0 Å². The van der Waals surface area contributed by atoms with Gasteiger partial charge in [-0.3, -0.25) is 47.4 Å². The maximum Gasteiger partial charge on any atom is 0.330 e. The summed E-state index contributed by atoms with van der Waals surface area (Å²) in [7, 11) is -7.11. The molecule has 60 heavy (non-hydrogen) atoms. The number of hydrogen-bond acceptors (Lipinski definition) is 16. The van der Waals surface area contributed by atoms with Crippen LogP contribution in [0.1, 0.15) is 67.8 Å². The molecule has 0 aromatic carbocycles. The van der Waals surface area contributed by atoms with Crippen molar-refractivity contribution in [3.8, 4) is 0 Å². The van der Waals surface area contributed by atoms with Crippen molar-refractivity contribution in [2.45, 2.75) is 128 Å². The molecular formula is C34H54F2N6O16P2. The van der Waals surface area contributed by atoms with Crippen LogP contribution < -0.4 is 32.7 Å². The van der Waals surface area contributed by atoms with E-state index >= 15 is 8.78 Å². The van der Waals surface area contributed by atoms with E-state index in [4.69, 9.17) is 28.0 Å². The molecule has 2 saturated heterocycles. The van der Waals surface area contributed by atoms with Gasteiger partial charge in [0.1, 0.15) is 36.5 Å². The number of aliphatic hydroxyl groups excluding tert-OH is 2. The molecule has 2 fully saturated rings. The van der Waals surface area contributed by atoms with Gasteiger partial charge in [-0.2, -0.15) is 0 Å². The zero-order valence-corrected chi connectivity index (χ0v) is 36.4. The Morgan fingerprint density at radius 1 is 0.733 bits per heavy atom. The standard InChI is InChI=1S/2C17H27FN3O8P/c2*1-9(2)28-14(24)10(3)20-30(5,26)27-8-11-13(23)17(4,18)15(29-11)21-7-6-12(22)19-16(21)25/h2*6-7,9-11,13,15,23H,8H2,1-5H3,(H,20,26)(H,19,22,25)/t10-,11+,13+,15+,17+,30+;10-,11+,13+,15+,17+,30-/m00/s1. The van der Waals surface area contributed by atoms with Crippen LogP contribution >= 0.6 is 15.0 Å². The number of halogens is 2. The van der Waals surface area contributed by atoms with Gasteiger partial charge in [-0.15, -0.1) is 0 Å². The van der Waals surface area contributed by atoms with Crippen LogP contribution in [0, 0.1) is 0 Å². The average Bonchev–Trinajstić information content (AvgIpc) is 3.47. The Kier molecular flexibility index (Phi) is 16.9. The molecule has 0 saturated carbocycles. The van der Waals surface area contributed by atoms with Crippen molar-refractivity contribution in [1.29, 1.82) is 0 Å². The zero-order valence-electron chi connectivity index (χ0n) is 34.7. The molecule has 2 aromatic heterocycles. The fraction of sp³-hybridized carbons (Fsp3) is 0.706. The van der Waals surface area contributed by atoms with Crippen LogP contribution in [-0.2, 0) is 46.7 Å². The number of aromatic amines is 2. The second-order valence-corrected chi connectivity index (χ2v) is 19.7. The van der Waals surface area contributed by atoms with Crippen LogP contribution in [0.4, 0.5) is 8.78 Å². The lowest BCUT2D eigenvalue weighted by Crippen LogP contribution is -2.43. The van der Waals surface area contributed by atoms with Crippen LogP contribution in [-0.4, -0.2) is 128 Å². The number of alkyl halides is 2. The largest absolute Gasteiger partial charge is 0.462 e. The summed E-state index contributed by atoms with van der Waals surface area (Å²) in [6.07, 6.45) is -7.66. The summed E-state index contributed by atoms with van der Waals surface area (Å²) in [5.74, 6) is -1.25. The molecule has 0 amide bonds. The van der Waals surface area contributed by atoms with Gasteiger partial charge in [-0.1, -0.05) is 0 Å². The third kappa shape index (κ3) is 13.2. The molecule has 4 rings (SSSR count). The van der Waals surface area contributed by atoms with Crippen LogP contribution in [0.5, 0.6) is 0 Å². The van der Waals surface area contributed by atoms with Gasteiger partial charge in [-0.25, -0.2) is 28.5 Å². The second kappa shape index (κ2) is 20.0. The first-order valence-electron chi connectivity index (χ1n) is 18.6. The van der Waals surface area contributed by atoms with E-state index in [-0.39, 0.29) is 12.2 Å². The van der Waals surface area contributed by atoms with Gasteiger partial charge >= 0.3 is 23.3 Å². The Morgan fingerprint density at radius 2 is 1.05 bits per heavy atom. The summed E-state index contributed by atoms with van der Waals surface area (Å²) in [6.45, 7) is 13.1. The van der Waals surface area contributed by atoms with Crippen molar-refractivity contribution in [3.05, 3.63) is 66.2 Å². The highest BCUT2D eigenvalue weighted by Gasteiger charge is 2.56. The number of rotatable bonds is 16. The van der Waals surface area contributed by atoms with Gasteiger partial charge in [0.2, 0.25) is 0 Å². The molecule has 6 N–H and O–H groups in total. The van der Waals surface area contributed by atoms with E-state index in [9.17, 15) is 48.1 Å². The Morgan fingerprint density at radius 3 is 1.33 bits per heavy atom. The molecule has 22 nitrogen and oxygen atoms in total. The monoisotopic (exact) mass is 902 g/mol. The molecule has 26 heteroatoms. The molecule has 340 valence electrons. The molecule has 2 aromatic rings. The smallest absolute Gasteiger partial charge is 0.330 e. The van der Waals surface area contributed by atoms with Crippen molar-refractivity contribution in [1.82, 2.24) is 29.3 Å². The van der Waals surface area contributed by atoms with Gasteiger partial charge in [0.25, 0.3) is 26.2 Å². The highest BCUT2D eigenvalue weighted by atomic mass is 31.2. The number of carbonyl (C=O) groups is 2. The number of aromatic nitrogens is 4. The second-order valence-electron chi connectivity index (χ2n) is 15.2. The number of aliphatic hydroxyl groups is 2. The van der Waals surface area contributed by atoms with E-state index < -0.39 is 123 Å². The van der Waals surface area contributed by atoms with Gasteiger partial charge in [0, 0.05) is 37.9 Å². The van der Waals surface area contributed by atoms with E-state index in [1.54, 1.807) is 27.7 Å². The van der Waals surface area contributed by atoms with Crippen molar-refractivity contribution >= 4 is 27.0 Å². The topological polar surface area (TPSA) is 298 Å². The first-order valence-corrected chi connectivity index (χ1v) is 22.7. The quantitative estimate of drug-likeness (QED) is 0.0992. The highest BCUT2D eigenvalue weighted by molar-refractivity contribution is 7.56. The zero-order chi connectivity index (χ0) is 45.7. The van der Waals surface area contributed by atoms with E-state index in [0.717, 1.165) is 47.5 Å². The van der Waals surface area contributed by atoms with Crippen LogP contribution in [0.2, 0.25) is 0 Å². The van der Waals surface area contributed by atoms with E-state index in [0.29, 0.717) is 0 Å². The molecule has 0 bridgehead atoms. The SMILES string of the molecule is CC(C)OC(=O)[C@H](C)N[P@@](C)(=O)OC[C@H]1O[C@@H](n2ccc(=O)[nH]c2=O)[C@](C)(F)[C@@H]1O.CC(C)OC(=O)[C@H](C)N[P@](C)(=O)OC[C@H]1O[C@@H](n2ccc(=O)[nH]c2=O)[C@](C)(F)[C@@H]1O. The van der Waals surface area contributed by atoms with E-state index in [1.807, 2.05) is 9.97 Å². The minimum atomic E-state index is -3.55. The van der Waals surface area contributed by atoms with Crippen molar-refractivity contribution in [3.63, 3.8) is 0 Å². The summed E-state index contributed by atoms with van der Waals surface area (Å²) in [6, 6.07) is 0.158.